The number of methoxy groups -OCH3 is 1. The van der Waals surface area contributed by atoms with E-state index in [2.05, 4.69) is 32.1 Å². The van der Waals surface area contributed by atoms with Crippen molar-refractivity contribution in [2.24, 2.45) is 17.3 Å². The predicted octanol–water partition coefficient (Wildman–Crippen LogP) is 2.79. The highest BCUT2D eigenvalue weighted by atomic mass is 16.5. The molecular weight excluding hydrogens is 176 g/mol. The highest BCUT2D eigenvalue weighted by Gasteiger charge is 2.41. The summed E-state index contributed by atoms with van der Waals surface area (Å²) in [6.45, 7) is 10.8. The largest absolute Gasteiger partial charge is 0.469 e. The maximum absolute atomic E-state index is 11.2. The number of carbonyl (C=O) groups is 1. The summed E-state index contributed by atoms with van der Waals surface area (Å²) in [6.07, 6.45) is 1.55. The normalized spacial score (nSPS) is 30.4. The van der Waals surface area contributed by atoms with Crippen LogP contribution in [-0.4, -0.2) is 13.1 Å². The first kappa shape index (κ1) is 11.3. The Morgan fingerprint density at radius 1 is 1.64 bits per heavy atom. The van der Waals surface area contributed by atoms with E-state index in [1.165, 1.54) is 12.7 Å². The molecule has 2 nitrogen and oxygen atoms in total. The minimum atomic E-state index is -0.124. The highest BCUT2D eigenvalue weighted by molar-refractivity contribution is 5.70. The van der Waals surface area contributed by atoms with Crippen molar-refractivity contribution >= 4 is 5.97 Å². The van der Waals surface area contributed by atoms with Crippen LogP contribution in [0.2, 0.25) is 0 Å². The lowest BCUT2D eigenvalue weighted by molar-refractivity contribution is -0.141. The Morgan fingerprint density at radius 3 is 2.57 bits per heavy atom. The first-order chi connectivity index (χ1) is 6.39. The fourth-order valence-corrected chi connectivity index (χ4v) is 2.20. The predicted molar refractivity (Wildman–Crippen MR) is 56.8 cm³/mol. The molecule has 1 aliphatic rings. The minimum Gasteiger partial charge on any atom is -0.469 e. The summed E-state index contributed by atoms with van der Waals surface area (Å²) in [6, 6.07) is 0. The number of allylic oxidation sites excluding steroid dienone is 1. The number of ether oxygens (including phenoxy) is 1. The van der Waals surface area contributed by atoms with Gasteiger partial charge in [-0.05, 0) is 23.7 Å². The molecule has 0 aliphatic heterocycles. The second kappa shape index (κ2) is 3.76. The number of carbonyl (C=O) groups excluding carboxylic acids is 1. The van der Waals surface area contributed by atoms with Crippen LogP contribution in [0.15, 0.2) is 12.2 Å². The lowest BCUT2D eigenvalue weighted by Gasteiger charge is -2.25. The molecule has 0 heterocycles. The molecule has 2 heteroatoms. The molecule has 14 heavy (non-hydrogen) atoms. The molecule has 1 rings (SSSR count). The lowest BCUT2D eigenvalue weighted by atomic mass is 9.80. The average Bonchev–Trinajstić information content (AvgIpc) is 2.30. The van der Waals surface area contributed by atoms with Crippen molar-refractivity contribution in [1.29, 1.82) is 0 Å². The third-order valence-corrected chi connectivity index (χ3v) is 3.83. The first-order valence-corrected chi connectivity index (χ1v) is 5.15. The molecule has 1 fully saturated rings. The molecule has 2 unspecified atom stereocenters. The molecule has 0 spiro atoms. The van der Waals surface area contributed by atoms with E-state index in [4.69, 9.17) is 0 Å². The second-order valence-electron chi connectivity index (χ2n) is 4.86. The molecule has 2 atom stereocenters. The zero-order chi connectivity index (χ0) is 10.9. The van der Waals surface area contributed by atoms with Gasteiger partial charge >= 0.3 is 5.97 Å². The summed E-state index contributed by atoms with van der Waals surface area (Å²) in [4.78, 5) is 11.2. The number of rotatable bonds is 2. The number of hydrogen-bond acceptors (Lipinski definition) is 2. The molecule has 0 radical (unpaired) electrons. The van der Waals surface area contributed by atoms with E-state index in [0.29, 0.717) is 18.3 Å². The van der Waals surface area contributed by atoms with E-state index in [1.54, 1.807) is 0 Å². The number of hydrogen-bond donors (Lipinski definition) is 0. The molecule has 0 saturated heterocycles. The smallest absolute Gasteiger partial charge is 0.306 e. The van der Waals surface area contributed by atoms with Crippen molar-refractivity contribution in [2.75, 3.05) is 7.11 Å². The third kappa shape index (κ3) is 1.84. The Bertz CT molecular complexity index is 253. The first-order valence-electron chi connectivity index (χ1n) is 5.15. The van der Waals surface area contributed by atoms with Gasteiger partial charge in [-0.15, -0.1) is 0 Å². The molecule has 1 aliphatic carbocycles. The highest BCUT2D eigenvalue weighted by Crippen LogP contribution is 2.50. The van der Waals surface area contributed by atoms with Crippen LogP contribution in [0.1, 0.15) is 33.6 Å². The van der Waals surface area contributed by atoms with Crippen LogP contribution >= 0.6 is 0 Å². The Labute approximate surface area is 86.3 Å². The van der Waals surface area contributed by atoms with Crippen LogP contribution in [0.4, 0.5) is 0 Å². The van der Waals surface area contributed by atoms with E-state index >= 15 is 0 Å². The lowest BCUT2D eigenvalue weighted by Crippen LogP contribution is -2.16. The van der Waals surface area contributed by atoms with Crippen LogP contribution in [0.3, 0.4) is 0 Å². The van der Waals surface area contributed by atoms with Crippen molar-refractivity contribution in [1.82, 2.24) is 0 Å². The van der Waals surface area contributed by atoms with Gasteiger partial charge in [0, 0.05) is 0 Å². The molecule has 0 bridgehead atoms. The van der Waals surface area contributed by atoms with Crippen LogP contribution in [0.5, 0.6) is 0 Å². The quantitative estimate of drug-likeness (QED) is 0.501. The van der Waals surface area contributed by atoms with E-state index in [9.17, 15) is 4.79 Å². The van der Waals surface area contributed by atoms with Gasteiger partial charge < -0.3 is 4.74 Å². The van der Waals surface area contributed by atoms with Crippen LogP contribution in [0.25, 0.3) is 0 Å². The fourth-order valence-electron chi connectivity index (χ4n) is 2.20. The molecule has 80 valence electrons. The van der Waals surface area contributed by atoms with Gasteiger partial charge in [0.1, 0.15) is 0 Å². The number of esters is 1. The van der Waals surface area contributed by atoms with Gasteiger partial charge in [0.2, 0.25) is 0 Å². The minimum absolute atomic E-state index is 0.124. The molecule has 1 saturated carbocycles. The summed E-state index contributed by atoms with van der Waals surface area (Å²) in [5.74, 6) is 0.790. The van der Waals surface area contributed by atoms with Gasteiger partial charge in [-0.2, -0.15) is 0 Å². The Morgan fingerprint density at radius 2 is 2.21 bits per heavy atom. The maximum atomic E-state index is 11.2. The SMILES string of the molecule is C=C1C(CC(=O)OC)CC(C)C1(C)C. The second-order valence-corrected chi connectivity index (χ2v) is 4.86. The molecule has 0 aromatic carbocycles. The van der Waals surface area contributed by atoms with Crippen molar-refractivity contribution in [3.05, 3.63) is 12.2 Å². The Hall–Kier alpha value is -0.790. The van der Waals surface area contributed by atoms with Crippen molar-refractivity contribution < 1.29 is 9.53 Å². The van der Waals surface area contributed by atoms with Gasteiger partial charge in [0.15, 0.2) is 0 Å². The summed E-state index contributed by atoms with van der Waals surface area (Å²) < 4.78 is 4.68. The van der Waals surface area contributed by atoms with E-state index in [0.717, 1.165) is 6.42 Å². The van der Waals surface area contributed by atoms with Crippen LogP contribution in [-0.2, 0) is 9.53 Å². The van der Waals surface area contributed by atoms with Crippen LogP contribution in [0, 0.1) is 17.3 Å². The third-order valence-electron chi connectivity index (χ3n) is 3.83. The van der Waals surface area contributed by atoms with Crippen LogP contribution < -0.4 is 0 Å². The van der Waals surface area contributed by atoms with Crippen molar-refractivity contribution in [3.63, 3.8) is 0 Å². The van der Waals surface area contributed by atoms with Gasteiger partial charge in [-0.3, -0.25) is 4.79 Å². The van der Waals surface area contributed by atoms with Gasteiger partial charge in [0.25, 0.3) is 0 Å². The monoisotopic (exact) mass is 196 g/mol. The topological polar surface area (TPSA) is 26.3 Å². The zero-order valence-corrected chi connectivity index (χ0v) is 9.59. The van der Waals surface area contributed by atoms with Gasteiger partial charge in [-0.1, -0.05) is 32.9 Å². The average molecular weight is 196 g/mol. The zero-order valence-electron chi connectivity index (χ0n) is 9.59. The molecule has 0 N–H and O–H groups in total. The molecular formula is C12H20O2. The standard InChI is InChI=1S/C12H20O2/c1-8-6-10(7-11(13)14-5)9(2)12(8,3)4/h8,10H,2,6-7H2,1,3-5H3. The Balaban J connectivity index is 2.68. The molecule has 0 aromatic rings. The summed E-state index contributed by atoms with van der Waals surface area (Å²) in [5, 5.41) is 0. The van der Waals surface area contributed by atoms with E-state index < -0.39 is 0 Å². The Kier molecular flexibility index (Phi) is 3.03. The summed E-state index contributed by atoms with van der Waals surface area (Å²) in [7, 11) is 1.44. The van der Waals surface area contributed by atoms with Gasteiger partial charge in [0.05, 0.1) is 13.5 Å². The summed E-state index contributed by atoms with van der Waals surface area (Å²) >= 11 is 0. The summed E-state index contributed by atoms with van der Waals surface area (Å²) in [5.41, 5.74) is 1.37. The fraction of sp³-hybridized carbons (Fsp3) is 0.750. The van der Waals surface area contributed by atoms with Crippen molar-refractivity contribution in [2.45, 2.75) is 33.6 Å². The van der Waals surface area contributed by atoms with Crippen molar-refractivity contribution in [3.8, 4) is 0 Å². The van der Waals surface area contributed by atoms with E-state index in [-0.39, 0.29) is 11.4 Å². The molecule has 0 amide bonds. The maximum Gasteiger partial charge on any atom is 0.306 e. The molecule has 0 aromatic heterocycles. The van der Waals surface area contributed by atoms with E-state index in [1.807, 2.05) is 0 Å². The van der Waals surface area contributed by atoms with Gasteiger partial charge in [-0.25, -0.2) is 0 Å².